The Kier molecular flexibility index (Phi) is 3.60. The molecule has 0 bridgehead atoms. The van der Waals surface area contributed by atoms with Gasteiger partial charge in [-0.25, -0.2) is 0 Å². The number of thiophene rings is 1. The highest BCUT2D eigenvalue weighted by Crippen LogP contribution is 2.20. The third kappa shape index (κ3) is 2.78. The molecular formula is C15H12N2O2S. The molecule has 20 heavy (non-hydrogen) atoms. The van der Waals surface area contributed by atoms with Gasteiger partial charge in [0.25, 0.3) is 5.89 Å². The van der Waals surface area contributed by atoms with Gasteiger partial charge in [-0.1, -0.05) is 11.2 Å². The summed E-state index contributed by atoms with van der Waals surface area (Å²) in [7, 11) is 1.64. The maximum absolute atomic E-state index is 5.20. The fraction of sp³-hybridized carbons (Fsp3) is 0.0667. The van der Waals surface area contributed by atoms with Crippen molar-refractivity contribution in [1.29, 1.82) is 0 Å². The molecule has 0 amide bonds. The van der Waals surface area contributed by atoms with Gasteiger partial charge >= 0.3 is 0 Å². The van der Waals surface area contributed by atoms with Crippen molar-refractivity contribution in [1.82, 2.24) is 10.1 Å². The van der Waals surface area contributed by atoms with Crippen molar-refractivity contribution in [2.24, 2.45) is 0 Å². The summed E-state index contributed by atoms with van der Waals surface area (Å²) in [5, 5.41) is 5.99. The Balaban J connectivity index is 1.79. The molecule has 0 unspecified atom stereocenters. The zero-order chi connectivity index (χ0) is 13.8. The van der Waals surface area contributed by atoms with Crippen molar-refractivity contribution in [2.75, 3.05) is 7.11 Å². The van der Waals surface area contributed by atoms with Gasteiger partial charge in [0.15, 0.2) is 0 Å². The van der Waals surface area contributed by atoms with Crippen LogP contribution in [0.3, 0.4) is 0 Å². The first-order valence-electron chi connectivity index (χ1n) is 6.05. The van der Waals surface area contributed by atoms with E-state index in [9.17, 15) is 0 Å². The van der Waals surface area contributed by atoms with E-state index in [0.717, 1.165) is 16.2 Å². The summed E-state index contributed by atoms with van der Waals surface area (Å²) >= 11 is 1.66. The molecule has 2 aromatic heterocycles. The molecule has 0 radical (unpaired) electrons. The first kappa shape index (κ1) is 12.6. The van der Waals surface area contributed by atoms with E-state index < -0.39 is 0 Å². The highest BCUT2D eigenvalue weighted by atomic mass is 32.1. The largest absolute Gasteiger partial charge is 0.497 e. The fourth-order valence-electron chi connectivity index (χ4n) is 1.70. The maximum atomic E-state index is 5.20. The van der Waals surface area contributed by atoms with Gasteiger partial charge in [0, 0.05) is 16.5 Å². The van der Waals surface area contributed by atoms with Crippen LogP contribution >= 0.6 is 11.3 Å². The smallest absolute Gasteiger partial charge is 0.250 e. The molecule has 0 atom stereocenters. The van der Waals surface area contributed by atoms with Crippen LogP contribution in [0.2, 0.25) is 0 Å². The van der Waals surface area contributed by atoms with E-state index in [1.165, 1.54) is 0 Å². The van der Waals surface area contributed by atoms with Crippen LogP contribution in [0, 0.1) is 0 Å². The summed E-state index contributed by atoms with van der Waals surface area (Å²) < 4.78 is 10.3. The van der Waals surface area contributed by atoms with Gasteiger partial charge in [0.2, 0.25) is 5.82 Å². The van der Waals surface area contributed by atoms with Gasteiger partial charge in [-0.15, -0.1) is 11.3 Å². The van der Waals surface area contributed by atoms with E-state index >= 15 is 0 Å². The Bertz CT molecular complexity index is 700. The van der Waals surface area contributed by atoms with Gasteiger partial charge < -0.3 is 9.26 Å². The Labute approximate surface area is 120 Å². The van der Waals surface area contributed by atoms with Crippen LogP contribution < -0.4 is 4.74 Å². The topological polar surface area (TPSA) is 48.2 Å². The van der Waals surface area contributed by atoms with E-state index in [2.05, 4.69) is 10.1 Å². The van der Waals surface area contributed by atoms with Gasteiger partial charge in [-0.05, 0) is 41.8 Å². The van der Waals surface area contributed by atoms with Crippen LogP contribution in [0.15, 0.2) is 46.3 Å². The molecule has 0 saturated carbocycles. The van der Waals surface area contributed by atoms with E-state index in [1.54, 1.807) is 18.4 Å². The van der Waals surface area contributed by atoms with Gasteiger partial charge in [0.1, 0.15) is 5.75 Å². The normalized spacial score (nSPS) is 11.1. The molecule has 2 heterocycles. The standard InChI is InChI=1S/C15H12N2O2S/c1-18-12-6-4-11(5-7-12)15-16-14(19-17-15)9-8-13-3-2-10-20-13/h2-10H,1H3/b9-8+. The lowest BCUT2D eigenvalue weighted by atomic mass is 10.2. The fourth-order valence-corrected chi connectivity index (χ4v) is 2.32. The van der Waals surface area contributed by atoms with Crippen molar-refractivity contribution >= 4 is 23.5 Å². The highest BCUT2D eigenvalue weighted by molar-refractivity contribution is 7.10. The molecule has 0 N–H and O–H groups in total. The molecule has 1 aromatic carbocycles. The second kappa shape index (κ2) is 5.71. The van der Waals surface area contributed by atoms with Gasteiger partial charge in [0.05, 0.1) is 7.11 Å². The van der Waals surface area contributed by atoms with Crippen LogP contribution in [-0.2, 0) is 0 Å². The van der Waals surface area contributed by atoms with Crippen molar-refractivity contribution in [2.45, 2.75) is 0 Å². The number of hydrogen-bond donors (Lipinski definition) is 0. The lowest BCUT2D eigenvalue weighted by Gasteiger charge is -1.98. The first-order valence-corrected chi connectivity index (χ1v) is 6.93. The molecule has 5 heteroatoms. The van der Waals surface area contributed by atoms with Crippen molar-refractivity contribution in [3.05, 3.63) is 52.5 Å². The van der Waals surface area contributed by atoms with Crippen LogP contribution in [0.4, 0.5) is 0 Å². The minimum absolute atomic E-state index is 0.490. The molecule has 0 spiro atoms. The molecule has 0 aliphatic carbocycles. The number of rotatable bonds is 4. The van der Waals surface area contributed by atoms with Crippen LogP contribution in [0.1, 0.15) is 10.8 Å². The monoisotopic (exact) mass is 284 g/mol. The SMILES string of the molecule is COc1ccc(-c2noc(/C=C/c3cccs3)n2)cc1. The predicted octanol–water partition coefficient (Wildman–Crippen LogP) is 3.98. The van der Waals surface area contributed by atoms with Crippen molar-refractivity contribution in [3.8, 4) is 17.1 Å². The summed E-state index contributed by atoms with van der Waals surface area (Å²) in [6, 6.07) is 11.6. The molecule has 3 aromatic rings. The Morgan fingerprint density at radius 1 is 1.15 bits per heavy atom. The summed E-state index contributed by atoms with van der Waals surface area (Å²) in [6.45, 7) is 0. The minimum Gasteiger partial charge on any atom is -0.497 e. The number of methoxy groups -OCH3 is 1. The van der Waals surface area contributed by atoms with E-state index in [-0.39, 0.29) is 0 Å². The van der Waals surface area contributed by atoms with Gasteiger partial charge in [-0.3, -0.25) is 0 Å². The maximum Gasteiger partial charge on any atom is 0.250 e. The average Bonchev–Trinajstić information content (AvgIpc) is 3.17. The summed E-state index contributed by atoms with van der Waals surface area (Å²) in [6.07, 6.45) is 3.77. The number of aromatic nitrogens is 2. The number of ether oxygens (including phenoxy) is 1. The molecular weight excluding hydrogens is 272 g/mol. The molecule has 100 valence electrons. The Hall–Kier alpha value is -2.40. The first-order chi connectivity index (χ1) is 9.85. The van der Waals surface area contributed by atoms with Crippen molar-refractivity contribution < 1.29 is 9.26 Å². The minimum atomic E-state index is 0.490. The second-order valence-corrected chi connectivity index (χ2v) is 5.01. The Morgan fingerprint density at radius 3 is 2.70 bits per heavy atom. The molecule has 0 saturated heterocycles. The second-order valence-electron chi connectivity index (χ2n) is 4.03. The van der Waals surface area contributed by atoms with E-state index in [0.29, 0.717) is 11.7 Å². The summed E-state index contributed by atoms with van der Waals surface area (Å²) in [5.41, 5.74) is 0.894. The van der Waals surface area contributed by atoms with Crippen LogP contribution in [-0.4, -0.2) is 17.3 Å². The predicted molar refractivity (Wildman–Crippen MR) is 79.5 cm³/mol. The summed E-state index contributed by atoms with van der Waals surface area (Å²) in [5.74, 6) is 1.86. The lowest BCUT2D eigenvalue weighted by Crippen LogP contribution is -1.84. The van der Waals surface area contributed by atoms with E-state index in [1.807, 2.05) is 53.9 Å². The quantitative estimate of drug-likeness (QED) is 0.727. The Morgan fingerprint density at radius 2 is 2.00 bits per heavy atom. The zero-order valence-electron chi connectivity index (χ0n) is 10.8. The molecule has 0 fully saturated rings. The van der Waals surface area contributed by atoms with Crippen molar-refractivity contribution in [3.63, 3.8) is 0 Å². The average molecular weight is 284 g/mol. The number of benzene rings is 1. The van der Waals surface area contributed by atoms with E-state index in [4.69, 9.17) is 9.26 Å². The third-order valence-electron chi connectivity index (χ3n) is 2.72. The number of nitrogens with zero attached hydrogens (tertiary/aromatic N) is 2. The molecule has 0 aliphatic rings. The van der Waals surface area contributed by atoms with Gasteiger partial charge in [-0.2, -0.15) is 4.98 Å². The summed E-state index contributed by atoms with van der Waals surface area (Å²) in [4.78, 5) is 5.48. The molecule has 4 nitrogen and oxygen atoms in total. The zero-order valence-corrected chi connectivity index (χ0v) is 11.6. The van der Waals surface area contributed by atoms with Crippen LogP contribution in [0.5, 0.6) is 5.75 Å². The third-order valence-corrected chi connectivity index (χ3v) is 3.56. The van der Waals surface area contributed by atoms with Crippen LogP contribution in [0.25, 0.3) is 23.5 Å². The lowest BCUT2D eigenvalue weighted by molar-refractivity contribution is 0.411. The molecule has 0 aliphatic heterocycles. The number of hydrogen-bond acceptors (Lipinski definition) is 5. The highest BCUT2D eigenvalue weighted by Gasteiger charge is 2.06. The molecule has 3 rings (SSSR count).